The topological polar surface area (TPSA) is 0 Å². The van der Waals surface area contributed by atoms with Crippen LogP contribution in [0.15, 0.2) is 121 Å². The predicted octanol–water partition coefficient (Wildman–Crippen LogP) is 9.12. The molecule has 0 heteroatoms. The summed E-state index contributed by atoms with van der Waals surface area (Å²) in [6, 6.07) is 44.5. The molecule has 0 bridgehead atoms. The molecule has 0 saturated heterocycles. The van der Waals surface area contributed by atoms with Crippen molar-refractivity contribution in [3.05, 3.63) is 121 Å². The van der Waals surface area contributed by atoms with Gasteiger partial charge in [0.1, 0.15) is 0 Å². The van der Waals surface area contributed by atoms with Crippen LogP contribution < -0.4 is 0 Å². The van der Waals surface area contributed by atoms with E-state index in [2.05, 4.69) is 121 Å². The van der Waals surface area contributed by atoms with Gasteiger partial charge in [0.05, 0.1) is 0 Å². The van der Waals surface area contributed by atoms with Crippen LogP contribution in [0.2, 0.25) is 0 Å². The van der Waals surface area contributed by atoms with E-state index in [9.17, 15) is 0 Å². The van der Waals surface area contributed by atoms with E-state index in [0.717, 1.165) is 0 Å². The molecule has 0 heterocycles. The molecule has 0 fully saturated rings. The van der Waals surface area contributed by atoms with Crippen LogP contribution in [0.25, 0.3) is 65.0 Å². The van der Waals surface area contributed by atoms with E-state index < -0.39 is 0 Å². The van der Waals surface area contributed by atoms with Crippen LogP contribution in [0, 0.1) is 0 Å². The molecule has 0 amide bonds. The highest BCUT2D eigenvalue weighted by molar-refractivity contribution is 6.13. The van der Waals surface area contributed by atoms with Crippen LogP contribution in [0.4, 0.5) is 0 Å². The molecular weight excluding hydrogens is 384 g/mol. The van der Waals surface area contributed by atoms with Crippen molar-refractivity contribution < 1.29 is 0 Å². The molecular formula is C32H20. The highest BCUT2D eigenvalue weighted by atomic mass is 14.1. The quantitative estimate of drug-likeness (QED) is 0.189. The van der Waals surface area contributed by atoms with E-state index in [1.54, 1.807) is 0 Å². The number of hydrogen-bond donors (Lipinski definition) is 0. The van der Waals surface area contributed by atoms with Gasteiger partial charge in [0.15, 0.2) is 0 Å². The fourth-order valence-corrected chi connectivity index (χ4v) is 5.13. The molecule has 7 aromatic rings. The largest absolute Gasteiger partial charge is 0.0616 e. The molecule has 32 heavy (non-hydrogen) atoms. The van der Waals surface area contributed by atoms with Crippen molar-refractivity contribution >= 4 is 53.9 Å². The standard InChI is InChI=1S/C32H20/c1-2-7-23-20-32-28(17-22(23)6-1)12-11-27-19-25(14-16-31(27)32)24-13-15-30-26(18-24)10-9-21-5-3-4-8-29(21)30/h1-20H. The Morgan fingerprint density at radius 2 is 0.719 bits per heavy atom. The first-order valence-corrected chi connectivity index (χ1v) is 11.1. The zero-order valence-corrected chi connectivity index (χ0v) is 17.5. The van der Waals surface area contributed by atoms with E-state index in [1.165, 1.54) is 65.0 Å². The lowest BCUT2D eigenvalue weighted by molar-refractivity contribution is 1.69. The summed E-state index contributed by atoms with van der Waals surface area (Å²) in [6.07, 6.45) is 0. The monoisotopic (exact) mass is 404 g/mol. The van der Waals surface area contributed by atoms with Crippen LogP contribution in [-0.4, -0.2) is 0 Å². The van der Waals surface area contributed by atoms with Crippen LogP contribution in [0.1, 0.15) is 0 Å². The van der Waals surface area contributed by atoms with Crippen LogP contribution in [0.3, 0.4) is 0 Å². The number of hydrogen-bond acceptors (Lipinski definition) is 0. The van der Waals surface area contributed by atoms with Crippen molar-refractivity contribution in [3.63, 3.8) is 0 Å². The number of rotatable bonds is 1. The summed E-state index contributed by atoms with van der Waals surface area (Å²) < 4.78 is 0. The van der Waals surface area contributed by atoms with Gasteiger partial charge in [-0.3, -0.25) is 0 Å². The lowest BCUT2D eigenvalue weighted by Gasteiger charge is -2.10. The second-order valence-corrected chi connectivity index (χ2v) is 8.64. The van der Waals surface area contributed by atoms with E-state index in [0.29, 0.717) is 0 Å². The fourth-order valence-electron chi connectivity index (χ4n) is 5.13. The van der Waals surface area contributed by atoms with E-state index in [1.807, 2.05) is 0 Å². The zero-order chi connectivity index (χ0) is 21.1. The number of fused-ring (bicyclic) bond motifs is 7. The molecule has 0 aliphatic rings. The maximum Gasteiger partial charge on any atom is -0.00990 e. The Kier molecular flexibility index (Phi) is 3.65. The summed E-state index contributed by atoms with van der Waals surface area (Å²) in [4.78, 5) is 0. The second kappa shape index (κ2) is 6.67. The molecule has 0 spiro atoms. The van der Waals surface area contributed by atoms with Gasteiger partial charge >= 0.3 is 0 Å². The summed E-state index contributed by atoms with van der Waals surface area (Å²) in [5, 5.41) is 13.0. The minimum Gasteiger partial charge on any atom is -0.0616 e. The van der Waals surface area contributed by atoms with Gasteiger partial charge in [-0.25, -0.2) is 0 Å². The van der Waals surface area contributed by atoms with Gasteiger partial charge in [0.25, 0.3) is 0 Å². The minimum absolute atomic E-state index is 1.26. The highest BCUT2D eigenvalue weighted by Crippen LogP contribution is 2.34. The van der Waals surface area contributed by atoms with Crippen LogP contribution in [-0.2, 0) is 0 Å². The predicted molar refractivity (Wildman–Crippen MR) is 139 cm³/mol. The molecule has 0 saturated carbocycles. The summed E-state index contributed by atoms with van der Waals surface area (Å²) in [5.74, 6) is 0. The van der Waals surface area contributed by atoms with Crippen molar-refractivity contribution in [1.29, 1.82) is 0 Å². The third-order valence-electron chi connectivity index (χ3n) is 6.78. The molecule has 0 aliphatic carbocycles. The Morgan fingerprint density at radius 1 is 0.250 bits per heavy atom. The minimum atomic E-state index is 1.26. The first kappa shape index (κ1) is 17.5. The summed E-state index contributed by atoms with van der Waals surface area (Å²) >= 11 is 0. The Balaban J connectivity index is 1.41. The molecule has 0 aromatic heterocycles. The van der Waals surface area contributed by atoms with Crippen molar-refractivity contribution in [2.75, 3.05) is 0 Å². The lowest BCUT2D eigenvalue weighted by Crippen LogP contribution is -1.84. The molecule has 148 valence electrons. The van der Waals surface area contributed by atoms with Crippen LogP contribution >= 0.6 is 0 Å². The zero-order valence-electron chi connectivity index (χ0n) is 17.5. The smallest absolute Gasteiger partial charge is 0.00990 e. The Hall–Kier alpha value is -4.16. The third-order valence-corrected chi connectivity index (χ3v) is 6.78. The molecule has 0 nitrogen and oxygen atoms in total. The summed E-state index contributed by atoms with van der Waals surface area (Å²) in [5.41, 5.74) is 2.51. The first-order valence-electron chi connectivity index (χ1n) is 11.1. The van der Waals surface area contributed by atoms with Gasteiger partial charge in [0.2, 0.25) is 0 Å². The molecule has 0 N–H and O–H groups in total. The Morgan fingerprint density at radius 3 is 1.41 bits per heavy atom. The van der Waals surface area contributed by atoms with Gasteiger partial charge in [-0.2, -0.15) is 0 Å². The maximum atomic E-state index is 2.33. The second-order valence-electron chi connectivity index (χ2n) is 8.64. The van der Waals surface area contributed by atoms with Crippen molar-refractivity contribution in [1.82, 2.24) is 0 Å². The van der Waals surface area contributed by atoms with Crippen molar-refractivity contribution in [3.8, 4) is 11.1 Å². The summed E-state index contributed by atoms with van der Waals surface area (Å²) in [7, 11) is 0. The summed E-state index contributed by atoms with van der Waals surface area (Å²) in [6.45, 7) is 0. The van der Waals surface area contributed by atoms with Crippen molar-refractivity contribution in [2.24, 2.45) is 0 Å². The van der Waals surface area contributed by atoms with E-state index in [4.69, 9.17) is 0 Å². The van der Waals surface area contributed by atoms with Gasteiger partial charge in [-0.15, -0.1) is 0 Å². The molecule has 0 aliphatic heterocycles. The normalized spacial score (nSPS) is 11.8. The SMILES string of the molecule is c1ccc2cc3c(ccc4cc(-c5ccc6c(ccc7ccccc76)c5)ccc43)cc2c1. The van der Waals surface area contributed by atoms with Gasteiger partial charge in [-0.1, -0.05) is 97.1 Å². The van der Waals surface area contributed by atoms with Crippen LogP contribution in [0.5, 0.6) is 0 Å². The van der Waals surface area contributed by atoms with Gasteiger partial charge in [-0.05, 0) is 89.3 Å². The Bertz CT molecular complexity index is 1820. The fraction of sp³-hybridized carbons (Fsp3) is 0. The van der Waals surface area contributed by atoms with Gasteiger partial charge < -0.3 is 0 Å². The molecule has 7 aromatic carbocycles. The molecule has 7 rings (SSSR count). The van der Waals surface area contributed by atoms with E-state index >= 15 is 0 Å². The van der Waals surface area contributed by atoms with Gasteiger partial charge in [0, 0.05) is 0 Å². The average Bonchev–Trinajstić information content (AvgIpc) is 2.86. The highest BCUT2D eigenvalue weighted by Gasteiger charge is 2.07. The number of benzene rings is 7. The van der Waals surface area contributed by atoms with E-state index in [-0.39, 0.29) is 0 Å². The molecule has 0 atom stereocenters. The van der Waals surface area contributed by atoms with Crippen molar-refractivity contribution in [2.45, 2.75) is 0 Å². The maximum absolute atomic E-state index is 2.33. The first-order chi connectivity index (χ1) is 15.8. The lowest BCUT2D eigenvalue weighted by atomic mass is 9.94. The molecule has 0 radical (unpaired) electrons. The molecule has 0 unspecified atom stereocenters. The Labute approximate surface area is 186 Å². The third kappa shape index (κ3) is 2.63. The average molecular weight is 405 g/mol.